The van der Waals surface area contributed by atoms with Gasteiger partial charge in [-0.1, -0.05) is 0 Å². The number of benzene rings is 1. The maximum Gasteiger partial charge on any atom is 0.242 e. The van der Waals surface area contributed by atoms with E-state index in [1.165, 1.54) is 6.92 Å². The van der Waals surface area contributed by atoms with Crippen LogP contribution in [0.25, 0.3) is 0 Å². The number of carbonyl (C=O) groups is 1. The maximum atomic E-state index is 11.8. The van der Waals surface area contributed by atoms with Crippen molar-refractivity contribution in [2.75, 3.05) is 17.3 Å². The lowest BCUT2D eigenvalue weighted by Crippen LogP contribution is -2.32. The standard InChI is InChI=1S/C12H18N2O3S/c1-7-6-11(8(2)5-10(7)13)14-12(15)9(3)18(4,16)17/h5-6,9H,13H2,1-4H3,(H,14,15). The lowest BCUT2D eigenvalue weighted by molar-refractivity contribution is -0.115. The summed E-state index contributed by atoms with van der Waals surface area (Å²) in [6, 6.07) is 3.48. The summed E-state index contributed by atoms with van der Waals surface area (Å²) < 4.78 is 22.6. The summed E-state index contributed by atoms with van der Waals surface area (Å²) in [5.74, 6) is -0.537. The van der Waals surface area contributed by atoms with E-state index in [4.69, 9.17) is 5.73 Å². The van der Waals surface area contributed by atoms with Gasteiger partial charge in [-0.3, -0.25) is 4.79 Å². The molecule has 0 saturated carbocycles. The third-order valence-corrected chi connectivity index (χ3v) is 4.38. The summed E-state index contributed by atoms with van der Waals surface area (Å²) in [5, 5.41) is 1.54. The molecule has 0 heterocycles. The summed E-state index contributed by atoms with van der Waals surface area (Å²) in [4.78, 5) is 11.8. The molecule has 0 bridgehead atoms. The third-order valence-electron chi connectivity index (χ3n) is 2.88. The molecule has 1 rings (SSSR count). The SMILES string of the molecule is Cc1cc(NC(=O)C(C)S(C)(=O)=O)c(C)cc1N. The highest BCUT2D eigenvalue weighted by Gasteiger charge is 2.23. The van der Waals surface area contributed by atoms with Gasteiger partial charge >= 0.3 is 0 Å². The molecular formula is C12H18N2O3S. The van der Waals surface area contributed by atoms with Crippen molar-refractivity contribution in [3.8, 4) is 0 Å². The number of amides is 1. The molecule has 0 fully saturated rings. The first-order chi connectivity index (χ1) is 8.12. The number of hydrogen-bond acceptors (Lipinski definition) is 4. The van der Waals surface area contributed by atoms with Gasteiger partial charge in [0.05, 0.1) is 0 Å². The molecule has 3 N–H and O–H groups in total. The molecule has 1 aromatic carbocycles. The zero-order valence-electron chi connectivity index (χ0n) is 10.9. The van der Waals surface area contributed by atoms with Crippen LogP contribution < -0.4 is 11.1 Å². The Morgan fingerprint density at radius 2 is 1.83 bits per heavy atom. The Kier molecular flexibility index (Phi) is 4.01. The summed E-state index contributed by atoms with van der Waals surface area (Å²) >= 11 is 0. The van der Waals surface area contributed by atoms with Crippen LogP contribution in [0, 0.1) is 13.8 Å². The van der Waals surface area contributed by atoms with Crippen LogP contribution in [0.1, 0.15) is 18.1 Å². The zero-order chi connectivity index (χ0) is 14.1. The topological polar surface area (TPSA) is 89.3 Å². The van der Waals surface area contributed by atoms with E-state index in [0.717, 1.165) is 17.4 Å². The molecule has 1 unspecified atom stereocenters. The minimum atomic E-state index is -3.39. The van der Waals surface area contributed by atoms with E-state index < -0.39 is 21.0 Å². The molecular weight excluding hydrogens is 252 g/mol. The Balaban J connectivity index is 2.99. The number of nitrogens with two attached hydrogens (primary N) is 1. The van der Waals surface area contributed by atoms with Crippen molar-refractivity contribution in [3.05, 3.63) is 23.3 Å². The van der Waals surface area contributed by atoms with Gasteiger partial charge in [-0.25, -0.2) is 8.42 Å². The molecule has 0 aliphatic heterocycles. The van der Waals surface area contributed by atoms with Gasteiger partial charge in [-0.05, 0) is 44.0 Å². The molecule has 0 spiro atoms. The van der Waals surface area contributed by atoms with Crippen molar-refractivity contribution >= 4 is 27.1 Å². The molecule has 1 amide bonds. The van der Waals surface area contributed by atoms with E-state index in [-0.39, 0.29) is 0 Å². The van der Waals surface area contributed by atoms with Gasteiger partial charge in [0.25, 0.3) is 0 Å². The van der Waals surface area contributed by atoms with Crippen LogP contribution in [0.4, 0.5) is 11.4 Å². The number of aryl methyl sites for hydroxylation is 2. The first-order valence-corrected chi connectivity index (χ1v) is 7.45. The van der Waals surface area contributed by atoms with E-state index in [0.29, 0.717) is 11.4 Å². The fourth-order valence-corrected chi connectivity index (χ4v) is 1.85. The molecule has 0 saturated heterocycles. The van der Waals surface area contributed by atoms with E-state index in [1.807, 2.05) is 6.92 Å². The second-order valence-corrected chi connectivity index (χ2v) is 6.85. The van der Waals surface area contributed by atoms with Crippen LogP contribution in [0.3, 0.4) is 0 Å². The largest absolute Gasteiger partial charge is 0.399 e. The lowest BCUT2D eigenvalue weighted by Gasteiger charge is -2.14. The third kappa shape index (κ3) is 3.22. The molecule has 18 heavy (non-hydrogen) atoms. The second kappa shape index (κ2) is 4.97. The molecule has 0 radical (unpaired) electrons. The van der Waals surface area contributed by atoms with Crippen molar-refractivity contribution in [2.45, 2.75) is 26.0 Å². The predicted molar refractivity (Wildman–Crippen MR) is 73.3 cm³/mol. The van der Waals surface area contributed by atoms with Gasteiger partial charge in [-0.15, -0.1) is 0 Å². The second-order valence-electron chi connectivity index (χ2n) is 4.48. The van der Waals surface area contributed by atoms with Gasteiger partial charge in [-0.2, -0.15) is 0 Å². The highest BCUT2D eigenvalue weighted by Crippen LogP contribution is 2.22. The average Bonchev–Trinajstić information content (AvgIpc) is 2.23. The molecule has 100 valence electrons. The van der Waals surface area contributed by atoms with E-state index in [2.05, 4.69) is 5.32 Å². The predicted octanol–water partition coefficient (Wildman–Crippen LogP) is 1.26. The minimum absolute atomic E-state index is 0.537. The quantitative estimate of drug-likeness (QED) is 0.809. The minimum Gasteiger partial charge on any atom is -0.399 e. The van der Waals surface area contributed by atoms with Crippen LogP contribution in [0.5, 0.6) is 0 Å². The average molecular weight is 270 g/mol. The van der Waals surface area contributed by atoms with Crippen molar-refractivity contribution in [3.63, 3.8) is 0 Å². The molecule has 1 atom stereocenters. The van der Waals surface area contributed by atoms with Crippen molar-refractivity contribution < 1.29 is 13.2 Å². The van der Waals surface area contributed by atoms with Crippen LogP contribution in [0.2, 0.25) is 0 Å². The number of nitrogens with one attached hydrogen (secondary N) is 1. The fourth-order valence-electron chi connectivity index (χ4n) is 1.40. The van der Waals surface area contributed by atoms with Gasteiger partial charge in [0.2, 0.25) is 5.91 Å². The monoisotopic (exact) mass is 270 g/mol. The number of nitrogen functional groups attached to an aromatic ring is 1. The first kappa shape index (κ1) is 14.5. The molecule has 5 nitrogen and oxygen atoms in total. The fraction of sp³-hybridized carbons (Fsp3) is 0.417. The van der Waals surface area contributed by atoms with Crippen molar-refractivity contribution in [2.24, 2.45) is 0 Å². The Bertz CT molecular complexity index is 579. The molecule has 6 heteroatoms. The van der Waals surface area contributed by atoms with Crippen LogP contribution >= 0.6 is 0 Å². The molecule has 0 aliphatic rings. The summed E-state index contributed by atoms with van der Waals surface area (Å²) in [5.41, 5.74) is 8.60. The summed E-state index contributed by atoms with van der Waals surface area (Å²) in [6.07, 6.45) is 1.04. The lowest BCUT2D eigenvalue weighted by atomic mass is 10.1. The van der Waals surface area contributed by atoms with E-state index in [9.17, 15) is 13.2 Å². The zero-order valence-corrected chi connectivity index (χ0v) is 11.8. The molecule has 0 aliphatic carbocycles. The summed E-state index contributed by atoms with van der Waals surface area (Å²) in [7, 11) is -3.39. The normalized spacial score (nSPS) is 13.1. The summed E-state index contributed by atoms with van der Waals surface area (Å²) in [6.45, 7) is 4.99. The first-order valence-electron chi connectivity index (χ1n) is 5.49. The highest BCUT2D eigenvalue weighted by molar-refractivity contribution is 7.92. The number of rotatable bonds is 3. The Morgan fingerprint density at radius 3 is 2.33 bits per heavy atom. The Hall–Kier alpha value is -1.56. The van der Waals surface area contributed by atoms with Gasteiger partial charge in [0.1, 0.15) is 5.25 Å². The number of sulfone groups is 1. The Labute approximate surface area is 107 Å². The molecule has 1 aromatic rings. The number of hydrogen-bond donors (Lipinski definition) is 2. The van der Waals surface area contributed by atoms with Crippen molar-refractivity contribution in [1.29, 1.82) is 0 Å². The van der Waals surface area contributed by atoms with Gasteiger partial charge < -0.3 is 11.1 Å². The molecule has 0 aromatic heterocycles. The number of anilines is 2. The smallest absolute Gasteiger partial charge is 0.242 e. The van der Waals surface area contributed by atoms with Crippen molar-refractivity contribution in [1.82, 2.24) is 0 Å². The highest BCUT2D eigenvalue weighted by atomic mass is 32.2. The van der Waals surface area contributed by atoms with Gasteiger partial charge in [0, 0.05) is 17.6 Å². The van der Waals surface area contributed by atoms with E-state index >= 15 is 0 Å². The van der Waals surface area contributed by atoms with Crippen LogP contribution in [-0.2, 0) is 14.6 Å². The maximum absolute atomic E-state index is 11.8. The number of carbonyl (C=O) groups excluding carboxylic acids is 1. The van der Waals surface area contributed by atoms with Crippen LogP contribution in [0.15, 0.2) is 12.1 Å². The van der Waals surface area contributed by atoms with Gasteiger partial charge in [0.15, 0.2) is 9.84 Å². The van der Waals surface area contributed by atoms with E-state index in [1.54, 1.807) is 19.1 Å². The Morgan fingerprint density at radius 1 is 1.28 bits per heavy atom. The van der Waals surface area contributed by atoms with Crippen LogP contribution in [-0.4, -0.2) is 25.8 Å².